The highest BCUT2D eigenvalue weighted by atomic mass is 35.5. The Hall–Kier alpha value is -6.45. The number of aromatic nitrogens is 2. The number of aliphatic carboxylic acids is 1. The Morgan fingerprint density at radius 3 is 2.08 bits per heavy atom. The summed E-state index contributed by atoms with van der Waals surface area (Å²) in [5.41, 5.74) is -1.96. The second-order valence-electron chi connectivity index (χ2n) is 17.2. The number of carbonyl (C=O) groups is 6. The molecule has 1 amide bonds. The van der Waals surface area contributed by atoms with Crippen molar-refractivity contribution in [2.45, 2.75) is 83.5 Å². The third-order valence-corrected chi connectivity index (χ3v) is 13.1. The summed E-state index contributed by atoms with van der Waals surface area (Å²) in [6, 6.07) is 12.7. The van der Waals surface area contributed by atoms with Gasteiger partial charge in [-0.1, -0.05) is 36.7 Å². The van der Waals surface area contributed by atoms with E-state index in [1.54, 1.807) is 25.9 Å². The molecule has 0 saturated heterocycles. The number of carboxylic acids is 1. The van der Waals surface area contributed by atoms with E-state index in [2.05, 4.69) is 18.3 Å². The van der Waals surface area contributed by atoms with Crippen LogP contribution in [0.5, 0.6) is 0 Å². The van der Waals surface area contributed by atoms with Crippen molar-refractivity contribution in [2.75, 3.05) is 43.6 Å². The lowest BCUT2D eigenvalue weighted by Crippen LogP contribution is -2.43. The highest BCUT2D eigenvalue weighted by Gasteiger charge is 2.39. The summed E-state index contributed by atoms with van der Waals surface area (Å²) in [6.07, 6.45) is -3.66. The summed E-state index contributed by atoms with van der Waals surface area (Å²) in [5.74, 6) is -5.66. The van der Waals surface area contributed by atoms with Crippen LogP contribution < -0.4 is 21.5 Å². The predicted molar refractivity (Wildman–Crippen MR) is 278 cm³/mol. The minimum atomic E-state index is -4.86. The fourth-order valence-electron chi connectivity index (χ4n) is 7.31. The second-order valence-corrected chi connectivity index (χ2v) is 21.6. The molecule has 428 valence electrons. The number of hydrogen-bond acceptors (Lipinski definition) is 16. The molecule has 1 aliphatic rings. The number of methoxy groups -OCH3 is 1. The molecule has 30 heteroatoms. The molecule has 1 aromatic heterocycles. The molecule has 1 aliphatic carbocycles. The standard InChI is InChI=1S/C16H14ClF3N2O4.C15H22ClNO2.C14H13NO7S.C3H8NO5P/c1-8(2)26-14(24)10-6-9(4-5-11(10)17)22-13(23)7-12(16(18,19)20)21(3)15(22)25;1-5-13-8-6-7-11(2)15(13)17(14(18)9-16)12(3)10-19-4;1-23(21,22)8-5-6-9(10(7-8)15(19)20)14(18)13-11(16)3-2-4-12(13)17;5-3(6)1-4-2-10(7,8)9/h4-8H,1-3H3;6-8,12H,5,9-10H2,1-4H3;5-7,13H,2-4H2,1H3;4H,1-2H2,(H,5,6)(H2,7,8,9). The number of nitrogens with one attached hydrogen (secondary N) is 1. The number of hydrogen-bond donors (Lipinski definition) is 4. The number of benzene rings is 3. The number of ketones is 3. The number of esters is 1. The van der Waals surface area contributed by atoms with Crippen LogP contribution in [0, 0.1) is 23.0 Å². The van der Waals surface area contributed by atoms with E-state index >= 15 is 0 Å². The normalized spacial score (nSPS) is 13.2. The Kier molecular flexibility index (Phi) is 25.6. The molecule has 1 unspecified atom stereocenters. The molecule has 3 aromatic carbocycles. The Balaban J connectivity index is 0.000000371. The number of carboxylic acid groups (broad SMARTS) is 1. The number of nitro groups is 1. The van der Waals surface area contributed by atoms with Crippen molar-refractivity contribution in [3.05, 3.63) is 125 Å². The average Bonchev–Trinajstić information content (AvgIpc) is 3.32. The number of sulfone groups is 1. The predicted octanol–water partition coefficient (Wildman–Crippen LogP) is 5.85. The van der Waals surface area contributed by atoms with E-state index in [4.69, 9.17) is 47.6 Å². The quantitative estimate of drug-likeness (QED) is 0.0183. The fraction of sp³-hybridized carbons (Fsp3) is 0.417. The van der Waals surface area contributed by atoms with Gasteiger partial charge in [0, 0.05) is 45.4 Å². The van der Waals surface area contributed by atoms with E-state index in [0.717, 1.165) is 60.8 Å². The summed E-state index contributed by atoms with van der Waals surface area (Å²) < 4.78 is 82.7. The topological polar surface area (TPSA) is 335 Å². The molecular weight excluding hydrogens is 1130 g/mol. The largest absolute Gasteiger partial charge is 0.480 e. The van der Waals surface area contributed by atoms with Gasteiger partial charge in [-0.25, -0.2) is 22.6 Å². The van der Waals surface area contributed by atoms with Crippen LogP contribution in [0.1, 0.15) is 84.5 Å². The molecule has 4 N–H and O–H groups in total. The van der Waals surface area contributed by atoms with E-state index in [1.165, 1.54) is 12.1 Å². The molecular formula is C48H57Cl2F3N5O18PS. The van der Waals surface area contributed by atoms with Crippen LogP contribution in [0.15, 0.2) is 75.1 Å². The Morgan fingerprint density at radius 1 is 0.987 bits per heavy atom. The third-order valence-electron chi connectivity index (χ3n) is 10.8. The lowest BCUT2D eigenvalue weighted by molar-refractivity contribution is -0.385. The minimum Gasteiger partial charge on any atom is -0.480 e. The van der Waals surface area contributed by atoms with Gasteiger partial charge in [-0.3, -0.25) is 53.3 Å². The van der Waals surface area contributed by atoms with Gasteiger partial charge in [0.05, 0.1) is 68.9 Å². The summed E-state index contributed by atoms with van der Waals surface area (Å²) >= 11 is 11.7. The lowest BCUT2D eigenvalue weighted by atomic mass is 9.81. The first-order valence-corrected chi connectivity index (χ1v) is 27.6. The van der Waals surface area contributed by atoms with E-state index in [0.29, 0.717) is 28.2 Å². The molecule has 0 radical (unpaired) electrons. The van der Waals surface area contributed by atoms with Crippen molar-refractivity contribution in [3.63, 3.8) is 0 Å². The highest BCUT2D eigenvalue weighted by Crippen LogP contribution is 2.33. The maximum atomic E-state index is 12.9. The van der Waals surface area contributed by atoms with Gasteiger partial charge in [-0.2, -0.15) is 13.2 Å². The number of Topliss-reactive ketones (excluding diaryl/α,β-unsaturated/α-hetero) is 3. The van der Waals surface area contributed by atoms with Crippen LogP contribution in [0.25, 0.3) is 5.69 Å². The number of nitro benzene ring substituents is 1. The van der Waals surface area contributed by atoms with Gasteiger partial charge < -0.3 is 29.3 Å². The Bertz CT molecular complexity index is 3170. The molecule has 5 rings (SSSR count). The number of anilines is 1. The molecule has 0 bridgehead atoms. The van der Waals surface area contributed by atoms with E-state index in [9.17, 15) is 74.6 Å². The zero-order chi connectivity index (χ0) is 59.8. The number of halogens is 5. The van der Waals surface area contributed by atoms with Gasteiger partial charge in [-0.15, -0.1) is 11.6 Å². The van der Waals surface area contributed by atoms with E-state index in [1.807, 2.05) is 26.0 Å². The second kappa shape index (κ2) is 29.5. The smallest absolute Gasteiger partial charge is 0.431 e. The number of amides is 1. The summed E-state index contributed by atoms with van der Waals surface area (Å²) in [7, 11) is -5.26. The van der Waals surface area contributed by atoms with Gasteiger partial charge in [-0.05, 0) is 82.0 Å². The molecule has 1 atom stereocenters. The van der Waals surface area contributed by atoms with Crippen LogP contribution in [0.3, 0.4) is 0 Å². The molecule has 1 saturated carbocycles. The molecule has 0 spiro atoms. The van der Waals surface area contributed by atoms with Crippen LogP contribution >= 0.6 is 30.8 Å². The molecule has 78 heavy (non-hydrogen) atoms. The first kappa shape index (κ1) is 67.7. The van der Waals surface area contributed by atoms with Gasteiger partial charge >= 0.3 is 31.4 Å². The Morgan fingerprint density at radius 2 is 1.59 bits per heavy atom. The van der Waals surface area contributed by atoms with Crippen LogP contribution in [-0.2, 0) is 62.7 Å². The van der Waals surface area contributed by atoms with Gasteiger partial charge in [0.15, 0.2) is 27.2 Å². The number of nitrogens with zero attached hydrogens (tertiary/aromatic N) is 4. The summed E-state index contributed by atoms with van der Waals surface area (Å²) in [6.45, 7) is 9.35. The van der Waals surface area contributed by atoms with E-state index in [-0.39, 0.29) is 51.8 Å². The van der Waals surface area contributed by atoms with Crippen molar-refractivity contribution in [2.24, 2.45) is 13.0 Å². The number of para-hydroxylation sites is 1. The maximum absolute atomic E-state index is 12.9. The zero-order valence-corrected chi connectivity index (χ0v) is 46.4. The first-order chi connectivity index (χ1) is 36.0. The fourth-order valence-corrected chi connectivity index (χ4v) is 8.67. The number of carbonyl (C=O) groups excluding carboxylic acids is 5. The molecule has 1 fully saturated rings. The number of rotatable bonds is 17. The minimum absolute atomic E-state index is 0.0104. The van der Waals surface area contributed by atoms with Gasteiger partial charge in [0.1, 0.15) is 17.5 Å². The van der Waals surface area contributed by atoms with Crippen molar-refractivity contribution in [1.29, 1.82) is 0 Å². The summed E-state index contributed by atoms with van der Waals surface area (Å²) in [4.78, 5) is 123. The number of alkyl halides is 4. The SMILES string of the molecule is CC(C)OC(=O)c1cc(-n2c(=O)cc(C(F)(F)F)n(C)c2=O)ccc1Cl.CCc1cccc(C)c1N(C(=O)CCl)C(C)COC.CS(=O)(=O)c1ccc(C(=O)C2C(=O)CCCC2=O)c([N+](=O)[O-])c1.O=C(O)CNCP(=O)(O)O. The van der Waals surface area contributed by atoms with Crippen molar-refractivity contribution < 1.29 is 84.2 Å². The van der Waals surface area contributed by atoms with Crippen molar-refractivity contribution in [1.82, 2.24) is 14.5 Å². The monoisotopic (exact) mass is 1180 g/mol. The van der Waals surface area contributed by atoms with Crippen molar-refractivity contribution >= 4 is 87.2 Å². The zero-order valence-electron chi connectivity index (χ0n) is 43.2. The van der Waals surface area contributed by atoms with Crippen LogP contribution in [0.2, 0.25) is 5.02 Å². The first-order valence-electron chi connectivity index (χ1n) is 23.0. The summed E-state index contributed by atoms with van der Waals surface area (Å²) in [5, 5.41) is 21.2. The highest BCUT2D eigenvalue weighted by molar-refractivity contribution is 7.90. The molecule has 23 nitrogen and oxygen atoms in total. The lowest BCUT2D eigenvalue weighted by Gasteiger charge is -2.31. The molecule has 4 aromatic rings. The molecule has 1 heterocycles. The van der Waals surface area contributed by atoms with E-state index < -0.39 is 111 Å². The molecule has 0 aliphatic heterocycles. The third kappa shape index (κ3) is 19.5. The maximum Gasteiger partial charge on any atom is 0.431 e. The number of aryl methyl sites for hydroxylation is 2. The van der Waals surface area contributed by atoms with Crippen LogP contribution in [-0.4, -0.2) is 123 Å². The van der Waals surface area contributed by atoms with Gasteiger partial charge in [0.2, 0.25) is 5.91 Å². The van der Waals surface area contributed by atoms with Gasteiger partial charge in [0.25, 0.3) is 11.2 Å². The van der Waals surface area contributed by atoms with Crippen molar-refractivity contribution in [3.8, 4) is 5.69 Å². The Labute approximate surface area is 454 Å². The number of ether oxygens (including phenoxy) is 2. The van der Waals surface area contributed by atoms with Crippen LogP contribution in [0.4, 0.5) is 24.5 Å². The average molecular weight is 1180 g/mol.